The Morgan fingerprint density at radius 2 is 1.89 bits per heavy atom. The molecule has 194 valence electrons. The molecule has 2 atom stereocenters. The topological polar surface area (TPSA) is 59.4 Å². The second kappa shape index (κ2) is 9.67. The molecule has 1 aliphatic rings. The highest BCUT2D eigenvalue weighted by atomic mass is 19.4. The molecule has 4 rings (SSSR count). The fourth-order valence-corrected chi connectivity index (χ4v) is 5.41. The van der Waals surface area contributed by atoms with E-state index < -0.39 is 6.36 Å². The summed E-state index contributed by atoms with van der Waals surface area (Å²) in [5, 5.41) is 3.29. The molecular weight excluding hydrogens is 469 g/mol. The van der Waals surface area contributed by atoms with E-state index in [1.54, 1.807) is 18.0 Å². The van der Waals surface area contributed by atoms with Crippen molar-refractivity contribution in [3.8, 4) is 5.75 Å². The molecule has 1 heterocycles. The van der Waals surface area contributed by atoms with E-state index in [0.717, 1.165) is 30.3 Å². The Kier molecular flexibility index (Phi) is 6.94. The normalized spacial score (nSPS) is 19.8. The number of imidazole rings is 1. The van der Waals surface area contributed by atoms with Crippen LogP contribution in [0.15, 0.2) is 42.5 Å². The van der Waals surface area contributed by atoms with Gasteiger partial charge in [-0.05, 0) is 80.0 Å². The van der Waals surface area contributed by atoms with E-state index in [1.807, 2.05) is 19.1 Å². The molecule has 1 fully saturated rings. The number of nitrogens with zero attached hydrogens (tertiary/aromatic N) is 3. The van der Waals surface area contributed by atoms with Gasteiger partial charge < -0.3 is 19.5 Å². The van der Waals surface area contributed by atoms with Gasteiger partial charge in [-0.2, -0.15) is 0 Å². The van der Waals surface area contributed by atoms with Crippen LogP contribution in [0.25, 0.3) is 11.0 Å². The van der Waals surface area contributed by atoms with Crippen molar-refractivity contribution in [2.45, 2.75) is 59.4 Å². The highest BCUT2D eigenvalue weighted by molar-refractivity contribution is 5.97. The van der Waals surface area contributed by atoms with E-state index in [2.05, 4.69) is 35.4 Å². The van der Waals surface area contributed by atoms with E-state index in [-0.39, 0.29) is 23.1 Å². The van der Waals surface area contributed by atoms with Crippen LogP contribution in [-0.4, -0.2) is 40.3 Å². The van der Waals surface area contributed by atoms with Gasteiger partial charge in [-0.15, -0.1) is 13.2 Å². The Morgan fingerprint density at radius 1 is 1.19 bits per heavy atom. The zero-order valence-electron chi connectivity index (χ0n) is 21.3. The van der Waals surface area contributed by atoms with Crippen molar-refractivity contribution >= 4 is 28.6 Å². The lowest BCUT2D eigenvalue weighted by Crippen LogP contribution is -2.30. The number of benzene rings is 2. The van der Waals surface area contributed by atoms with Gasteiger partial charge in [0.05, 0.1) is 11.0 Å². The molecule has 9 heteroatoms. The number of aromatic nitrogens is 2. The number of fused-ring (bicyclic) bond motifs is 1. The molecular formula is C27H33F3N4O2. The maximum Gasteiger partial charge on any atom is 0.573 e. The first-order chi connectivity index (χ1) is 16.8. The van der Waals surface area contributed by atoms with Crippen LogP contribution in [0.4, 0.5) is 24.8 Å². The Morgan fingerprint density at radius 3 is 2.50 bits per heavy atom. The molecule has 3 aromatic rings. The maximum absolute atomic E-state index is 12.9. The summed E-state index contributed by atoms with van der Waals surface area (Å²) in [4.78, 5) is 19.4. The fourth-order valence-electron chi connectivity index (χ4n) is 5.41. The van der Waals surface area contributed by atoms with Crippen molar-refractivity contribution in [1.29, 1.82) is 0 Å². The summed E-state index contributed by atoms with van der Waals surface area (Å²) in [6.07, 6.45) is -1.70. The third-order valence-electron chi connectivity index (χ3n) is 6.83. The van der Waals surface area contributed by atoms with Crippen molar-refractivity contribution in [1.82, 2.24) is 14.5 Å². The van der Waals surface area contributed by atoms with Crippen molar-refractivity contribution < 1.29 is 22.7 Å². The van der Waals surface area contributed by atoms with Crippen LogP contribution in [-0.2, 0) is 0 Å². The second-order valence-electron chi connectivity index (χ2n) is 10.6. The van der Waals surface area contributed by atoms with Gasteiger partial charge >= 0.3 is 6.36 Å². The number of hydrogen-bond acceptors (Lipinski definition) is 4. The third-order valence-corrected chi connectivity index (χ3v) is 6.83. The van der Waals surface area contributed by atoms with Crippen LogP contribution in [0.3, 0.4) is 0 Å². The van der Waals surface area contributed by atoms with Crippen LogP contribution < -0.4 is 10.1 Å². The average molecular weight is 503 g/mol. The third kappa shape index (κ3) is 5.77. The lowest BCUT2D eigenvalue weighted by molar-refractivity contribution is -0.274. The van der Waals surface area contributed by atoms with Gasteiger partial charge in [0.1, 0.15) is 5.75 Å². The number of ether oxygens (including phenoxy) is 1. The van der Waals surface area contributed by atoms with Crippen LogP contribution in [0.5, 0.6) is 5.75 Å². The molecule has 0 saturated heterocycles. The summed E-state index contributed by atoms with van der Waals surface area (Å²) in [6, 6.07) is 11.3. The van der Waals surface area contributed by atoms with Gasteiger partial charge in [-0.3, -0.25) is 4.79 Å². The number of rotatable bonds is 6. The SMILES string of the molecule is CCN(C)C(=O)c1ccc2nc(Nc3ccc(OC(F)(F)F)cc3)n(C3CC(C)CC(C)(C)C3)c2c1. The van der Waals surface area contributed by atoms with Crippen molar-refractivity contribution in [2.24, 2.45) is 11.3 Å². The van der Waals surface area contributed by atoms with Gasteiger partial charge in [0.2, 0.25) is 5.95 Å². The molecule has 0 bridgehead atoms. The number of carbonyl (C=O) groups is 1. The summed E-state index contributed by atoms with van der Waals surface area (Å²) in [7, 11) is 1.77. The van der Waals surface area contributed by atoms with Crippen LogP contribution in [0.2, 0.25) is 0 Å². The number of halogens is 3. The highest BCUT2D eigenvalue weighted by Gasteiger charge is 2.35. The van der Waals surface area contributed by atoms with Crippen LogP contribution in [0, 0.1) is 11.3 Å². The standard InChI is InChI=1S/C27H33F3N4O2/c1-6-33(5)24(35)18-7-12-22-23(14-18)34(20-13-17(2)15-26(3,4)16-20)25(32-22)31-19-8-10-21(11-9-19)36-27(28,29)30/h7-12,14,17,20H,6,13,15-16H2,1-5H3,(H,31,32). The largest absolute Gasteiger partial charge is 0.573 e. The summed E-state index contributed by atoms with van der Waals surface area (Å²) < 4.78 is 43.8. The quantitative estimate of drug-likeness (QED) is 0.389. The number of alkyl halides is 3. The fraction of sp³-hybridized carbons (Fsp3) is 0.481. The monoisotopic (exact) mass is 502 g/mol. The number of carbonyl (C=O) groups excluding carboxylic acids is 1. The molecule has 2 unspecified atom stereocenters. The predicted octanol–water partition coefficient (Wildman–Crippen LogP) is 7.16. The molecule has 1 aromatic heterocycles. The van der Waals surface area contributed by atoms with Gasteiger partial charge in [-0.1, -0.05) is 20.8 Å². The summed E-state index contributed by atoms with van der Waals surface area (Å²) in [5.74, 6) is 0.767. The number of hydrogen-bond donors (Lipinski definition) is 1. The minimum absolute atomic E-state index is 0.0562. The van der Waals surface area contributed by atoms with E-state index >= 15 is 0 Å². The van der Waals surface area contributed by atoms with Gasteiger partial charge in [0, 0.05) is 30.9 Å². The average Bonchev–Trinajstić information content (AvgIpc) is 3.14. The maximum atomic E-state index is 12.9. The Labute approximate surface area is 209 Å². The van der Waals surface area contributed by atoms with E-state index in [9.17, 15) is 18.0 Å². The summed E-state index contributed by atoms with van der Waals surface area (Å²) in [6.45, 7) is 9.33. The van der Waals surface area contributed by atoms with E-state index in [4.69, 9.17) is 4.98 Å². The highest BCUT2D eigenvalue weighted by Crippen LogP contribution is 2.46. The molecule has 2 aromatic carbocycles. The van der Waals surface area contributed by atoms with Gasteiger partial charge in [-0.25, -0.2) is 4.98 Å². The van der Waals surface area contributed by atoms with Gasteiger partial charge in [0.25, 0.3) is 5.91 Å². The molecule has 1 aliphatic carbocycles. The zero-order valence-corrected chi connectivity index (χ0v) is 21.3. The molecule has 0 radical (unpaired) electrons. The second-order valence-corrected chi connectivity index (χ2v) is 10.6. The summed E-state index contributed by atoms with van der Waals surface area (Å²) >= 11 is 0. The lowest BCUT2D eigenvalue weighted by Gasteiger charge is -2.40. The lowest BCUT2D eigenvalue weighted by atomic mass is 9.70. The molecule has 1 saturated carbocycles. The first-order valence-corrected chi connectivity index (χ1v) is 12.3. The molecule has 6 nitrogen and oxygen atoms in total. The first-order valence-electron chi connectivity index (χ1n) is 12.3. The number of nitrogens with one attached hydrogen (secondary N) is 1. The Hall–Kier alpha value is -3.23. The molecule has 36 heavy (non-hydrogen) atoms. The van der Waals surface area contributed by atoms with Crippen LogP contribution >= 0.6 is 0 Å². The Balaban J connectivity index is 1.75. The first kappa shape index (κ1) is 25.9. The van der Waals surface area contributed by atoms with Crippen molar-refractivity contribution in [2.75, 3.05) is 18.9 Å². The smallest absolute Gasteiger partial charge is 0.406 e. The molecule has 1 N–H and O–H groups in total. The van der Waals surface area contributed by atoms with Crippen molar-refractivity contribution in [3.63, 3.8) is 0 Å². The summed E-state index contributed by atoms with van der Waals surface area (Å²) in [5.41, 5.74) is 2.94. The minimum atomic E-state index is -4.74. The van der Waals surface area contributed by atoms with Gasteiger partial charge in [0.15, 0.2) is 0 Å². The molecule has 0 spiro atoms. The van der Waals surface area contributed by atoms with E-state index in [0.29, 0.717) is 29.7 Å². The predicted molar refractivity (Wildman–Crippen MR) is 135 cm³/mol. The Bertz CT molecular complexity index is 1230. The minimum Gasteiger partial charge on any atom is -0.406 e. The number of anilines is 2. The molecule has 0 aliphatic heterocycles. The van der Waals surface area contributed by atoms with E-state index in [1.165, 1.54) is 24.3 Å². The molecule has 1 amide bonds. The zero-order chi connectivity index (χ0) is 26.3. The number of amides is 1. The van der Waals surface area contributed by atoms with Crippen LogP contribution in [0.1, 0.15) is 63.4 Å². The van der Waals surface area contributed by atoms with Crippen molar-refractivity contribution in [3.05, 3.63) is 48.0 Å².